The van der Waals surface area contributed by atoms with E-state index >= 15 is 0 Å². The van der Waals surface area contributed by atoms with E-state index in [1.54, 1.807) is 38.1 Å². The second kappa shape index (κ2) is 41.9. The van der Waals surface area contributed by atoms with Crippen molar-refractivity contribution in [3.63, 3.8) is 0 Å². The topological polar surface area (TPSA) is 137 Å². The minimum absolute atomic E-state index is 0.0190. The number of hydrogen-bond acceptors (Lipinski definition) is 9. The Morgan fingerprint density at radius 1 is 0.587 bits per heavy atom. The average Bonchev–Trinajstić information content (AvgIpc) is 3.80. The monoisotopic (exact) mass is 1760 g/mol. The van der Waals surface area contributed by atoms with Crippen molar-refractivity contribution in [2.45, 2.75) is 43.6 Å². The van der Waals surface area contributed by atoms with Gasteiger partial charge in [-0.2, -0.15) is 0 Å². The quantitative estimate of drug-likeness (QED) is 0.0559. The predicted molar refractivity (Wildman–Crippen MR) is 462 cm³/mol. The third-order valence-electron chi connectivity index (χ3n) is 8.79. The van der Waals surface area contributed by atoms with Gasteiger partial charge >= 0.3 is 0 Å². The van der Waals surface area contributed by atoms with E-state index in [1.165, 1.54) is 13.1 Å². The number of nitrogens with one attached hydrogen (secondary N) is 1. The van der Waals surface area contributed by atoms with Gasteiger partial charge in [0.15, 0.2) is 21.3 Å². The van der Waals surface area contributed by atoms with E-state index in [-0.39, 0.29) is 161 Å². The molecule has 50 heteroatoms. The summed E-state index contributed by atoms with van der Waals surface area (Å²) in [5, 5.41) is 10.7. The number of halogens is 1. The van der Waals surface area contributed by atoms with Crippen molar-refractivity contribution in [2.24, 2.45) is 0 Å². The normalized spacial score (nSPS) is 14.4. The molecule has 2 aromatic heterocycles. The van der Waals surface area contributed by atoms with Gasteiger partial charge in [0, 0.05) is 24.2 Å². The molecule has 3 N–H and O–H groups in total. The van der Waals surface area contributed by atoms with Crippen molar-refractivity contribution < 1.29 is 17.2 Å². The molecule has 0 amide bonds. The number of benzene rings is 2. The molecule has 23 unspecified atom stereocenters. The summed E-state index contributed by atoms with van der Waals surface area (Å²) in [5.41, 5.74) is 9.11. The molecule has 424 valence electrons. The third-order valence-corrected chi connectivity index (χ3v) is 275. The molecule has 4 aromatic rings. The van der Waals surface area contributed by atoms with Gasteiger partial charge in [0.1, 0.15) is 6.17 Å². The number of alkyl halides is 1. The lowest BCUT2D eigenvalue weighted by molar-refractivity contribution is 0.344. The zero-order chi connectivity index (χ0) is 57.0. The first-order valence-electron chi connectivity index (χ1n) is 20.2. The number of nitrogen functional groups attached to an aromatic ring is 1. The van der Waals surface area contributed by atoms with E-state index in [2.05, 4.69) is 204 Å². The van der Waals surface area contributed by atoms with Crippen molar-refractivity contribution in [1.82, 2.24) is 25.5 Å². The molecule has 0 bridgehead atoms. The molecular formula is C25H68FN6O3P39S. The Bertz CT molecular complexity index is 2320. The van der Waals surface area contributed by atoms with Gasteiger partial charge in [-0.25, -0.2) is 22.8 Å². The molecule has 0 radical (unpaired) electrons. The first kappa shape index (κ1) is 82.3. The van der Waals surface area contributed by atoms with Gasteiger partial charge in [-0.15, -0.1) is 189 Å². The van der Waals surface area contributed by atoms with Gasteiger partial charge < -0.3 is 15.5 Å². The highest BCUT2D eigenvalue weighted by molar-refractivity contribution is 9.48. The summed E-state index contributed by atoms with van der Waals surface area (Å²) in [6.45, 7) is 4.32. The summed E-state index contributed by atoms with van der Waals surface area (Å²) in [4.78, 5) is 8.98. The Labute approximate surface area is 515 Å². The lowest BCUT2D eigenvalue weighted by Crippen LogP contribution is -2.21. The van der Waals surface area contributed by atoms with Crippen LogP contribution in [0.3, 0.4) is 0 Å². The Morgan fingerprint density at radius 2 is 0.973 bits per heavy atom. The van der Waals surface area contributed by atoms with Crippen LogP contribution in [0.25, 0.3) is 34.3 Å². The lowest BCUT2D eigenvalue weighted by Gasteiger charge is -2.55. The zero-order valence-electron chi connectivity index (χ0n) is 40.2. The van der Waals surface area contributed by atoms with Crippen LogP contribution >= 0.6 is 312 Å². The minimum Gasteiger partial charge on any atom is -0.414 e. The maximum atomic E-state index is 12.9. The van der Waals surface area contributed by atoms with E-state index in [9.17, 15) is 12.8 Å². The Kier molecular flexibility index (Phi) is 46.0. The van der Waals surface area contributed by atoms with E-state index < -0.39 is 21.3 Å². The largest absolute Gasteiger partial charge is 0.414 e. The van der Waals surface area contributed by atoms with Gasteiger partial charge in [-0.3, -0.25) is 0 Å². The van der Waals surface area contributed by atoms with Gasteiger partial charge in [0.2, 0.25) is 5.89 Å². The zero-order valence-corrected chi connectivity index (χ0v) is 81.2. The minimum atomic E-state index is -3.38. The summed E-state index contributed by atoms with van der Waals surface area (Å²) in [6.07, 6.45) is 0.592. The van der Waals surface area contributed by atoms with Crippen molar-refractivity contribution in [1.29, 1.82) is 0 Å². The number of rotatable bonds is 27. The molecule has 0 spiro atoms. The van der Waals surface area contributed by atoms with E-state index in [0.29, 0.717) is 23.4 Å². The smallest absolute Gasteiger partial charge is 0.270 e. The van der Waals surface area contributed by atoms with Gasteiger partial charge in [0.25, 0.3) is 5.89 Å². The molecule has 2 heterocycles. The lowest BCUT2D eigenvalue weighted by atomic mass is 10.1. The SMILES string of the molecule is CC(C)S(=O)(=O)c1ccc(-c2cnc(N)c(-c3nnc(-c4ccc(CNC[C@@H](C)F)cc4)o3)n2)cc1.PPP(P)P(P(P)P)P(P(P(P(P)P)P(P)P)P(P(P)P)P(P)P)P(P(P(P)P)P(P)P)P(P(P)P)P(P)P. The Balaban J connectivity index is 0.000000396. The maximum Gasteiger partial charge on any atom is 0.270 e. The fourth-order valence-corrected chi connectivity index (χ4v) is 539. The van der Waals surface area contributed by atoms with Gasteiger partial charge in [-0.1, -0.05) is 32.2 Å². The molecule has 0 aliphatic rings. The Morgan fingerprint density at radius 3 is 1.35 bits per heavy atom. The van der Waals surface area contributed by atoms with Gasteiger partial charge in [0.05, 0.1) is 22.0 Å². The third kappa shape index (κ3) is 26.2. The molecule has 24 atom stereocenters. The fraction of sp³-hybridized carbons (Fsp3) is 0.280. The standard InChI is InChI=1S/C25H27FN6O3S.H41P39/c1-15(2)36(33,34)20-10-8-18(9-11-20)21-14-29-23(27)22(30-21)25-32-31-24(35-25)19-6-4-17(5-7-19)13-28-12-16(3)26;1-21-31(20)36(30(18)19)39(37(32(22(2)3)23(4)5)33(24(6)7)25(8)9)38(34(26(10)11)27(12)13)35(28(14)15)29(16)17/h4-11,14-16,28H,12-13H2,1-3H3,(H2,27,29);21H,1-20H2/t16-;/m1./s1. The molecule has 2 aromatic carbocycles. The molecule has 0 saturated carbocycles. The maximum absolute atomic E-state index is 12.9. The molecule has 4 rings (SSSR count). The molecule has 9 nitrogen and oxygen atoms in total. The van der Waals surface area contributed by atoms with Gasteiger partial charge in [-0.05, 0) is 176 Å². The van der Waals surface area contributed by atoms with Crippen LogP contribution in [0.4, 0.5) is 10.2 Å². The van der Waals surface area contributed by atoms with Crippen molar-refractivity contribution >= 4 is 328 Å². The van der Waals surface area contributed by atoms with Crippen LogP contribution < -0.4 is 11.1 Å². The van der Waals surface area contributed by atoms with Crippen LogP contribution in [0.2, 0.25) is 0 Å². The number of nitrogens with zero attached hydrogens (tertiary/aromatic N) is 4. The second-order valence-electron chi connectivity index (χ2n) is 14.7. The number of aromatic nitrogens is 4. The summed E-state index contributed by atoms with van der Waals surface area (Å²) in [6, 6.07) is 13.9. The summed E-state index contributed by atoms with van der Waals surface area (Å²) >= 11 is 0. The molecule has 0 aliphatic heterocycles. The highest BCUT2D eigenvalue weighted by atomic mass is 33.5. The average molecular weight is 1760 g/mol. The number of hydrogen-bond donors (Lipinski definition) is 2. The first-order chi connectivity index (χ1) is 34.9. The van der Waals surface area contributed by atoms with E-state index in [4.69, 9.17) is 10.2 Å². The highest BCUT2D eigenvalue weighted by Gasteiger charge is 2.55. The number of nitrogens with two attached hydrogens (primary N) is 1. The van der Waals surface area contributed by atoms with Crippen LogP contribution in [-0.4, -0.2) is 46.5 Å². The van der Waals surface area contributed by atoms with Crippen molar-refractivity contribution in [3.8, 4) is 34.3 Å². The summed E-state index contributed by atoms with van der Waals surface area (Å²) in [5.74, 6) is 0.520. The molecule has 0 saturated heterocycles. The summed E-state index contributed by atoms with van der Waals surface area (Å²) < 4.78 is 43.5. The van der Waals surface area contributed by atoms with E-state index in [0.717, 1.165) is 13.5 Å². The van der Waals surface area contributed by atoms with Crippen molar-refractivity contribution in [3.05, 3.63) is 60.3 Å². The van der Waals surface area contributed by atoms with Crippen LogP contribution in [0.5, 0.6) is 0 Å². The van der Waals surface area contributed by atoms with Crippen LogP contribution in [0.15, 0.2) is 64.0 Å². The molecular weight excluding hydrogens is 1690 g/mol. The number of anilines is 1. The highest BCUT2D eigenvalue weighted by Crippen LogP contribution is 3.42. The number of sulfone groups is 1. The fourth-order valence-electron chi connectivity index (χ4n) is 5.60. The van der Waals surface area contributed by atoms with E-state index in [1.807, 2.05) is 24.3 Å². The van der Waals surface area contributed by atoms with Crippen LogP contribution in [0.1, 0.15) is 26.3 Å². The molecule has 75 heavy (non-hydrogen) atoms. The summed E-state index contributed by atoms with van der Waals surface area (Å²) in [7, 11) is 65.3. The molecule has 0 fully saturated rings. The van der Waals surface area contributed by atoms with Crippen LogP contribution in [0, 0.1) is 0 Å². The Hall–Kier alpha value is 13.1. The van der Waals surface area contributed by atoms with Crippen molar-refractivity contribution in [2.75, 3.05) is 12.3 Å². The van der Waals surface area contributed by atoms with Crippen LogP contribution in [-0.2, 0) is 16.4 Å². The first-order valence-corrected chi connectivity index (χ1v) is 92.3. The second-order valence-corrected chi connectivity index (χ2v) is 174. The molecule has 0 aliphatic carbocycles. The predicted octanol–water partition coefficient (Wildman–Crippen LogP) is 26.7.